The van der Waals surface area contributed by atoms with Crippen molar-refractivity contribution in [1.29, 1.82) is 0 Å². The van der Waals surface area contributed by atoms with E-state index in [1.807, 2.05) is 18.2 Å². The van der Waals surface area contributed by atoms with Crippen molar-refractivity contribution < 1.29 is 8.83 Å². The number of fused-ring (bicyclic) bond motifs is 7. The van der Waals surface area contributed by atoms with Gasteiger partial charge in [0.05, 0.1) is 11.4 Å². The van der Waals surface area contributed by atoms with Gasteiger partial charge >= 0.3 is 0 Å². The molecular formula is C56H41NO2. The zero-order chi connectivity index (χ0) is 39.7. The van der Waals surface area contributed by atoms with Gasteiger partial charge in [0.2, 0.25) is 0 Å². The number of hydrogen-bond donors (Lipinski definition) is 0. The minimum atomic E-state index is -0.0488. The molecule has 0 N–H and O–H groups in total. The van der Waals surface area contributed by atoms with Crippen LogP contribution in [0.15, 0.2) is 203 Å². The Morgan fingerprint density at radius 3 is 1.81 bits per heavy atom. The SMILES string of the molecule is CC(C)(C)c1ccc(N(c2ccc3oc4ccccc4c3c2)c2ccc3ccccc3c2-c2ccccc2-c2cccc3oc4ccccc4c23)c(-c2ccccc2)c1. The Morgan fingerprint density at radius 2 is 1.00 bits per heavy atom. The van der Waals surface area contributed by atoms with E-state index < -0.39 is 0 Å². The molecule has 11 rings (SSSR count). The molecule has 2 aromatic heterocycles. The number of benzene rings is 9. The second kappa shape index (κ2) is 13.6. The van der Waals surface area contributed by atoms with E-state index in [9.17, 15) is 0 Å². The number of furan rings is 2. The monoisotopic (exact) mass is 759 g/mol. The molecule has 0 atom stereocenters. The van der Waals surface area contributed by atoms with Crippen LogP contribution < -0.4 is 4.90 Å². The summed E-state index contributed by atoms with van der Waals surface area (Å²) in [5, 5.41) is 6.76. The number of hydrogen-bond acceptors (Lipinski definition) is 3. The predicted octanol–water partition coefficient (Wildman–Crippen LogP) is 16.4. The Kier molecular flexibility index (Phi) is 8.06. The number of anilines is 3. The van der Waals surface area contributed by atoms with Gasteiger partial charge in [0, 0.05) is 38.4 Å². The Hall–Kier alpha value is -7.36. The average molecular weight is 760 g/mol. The maximum atomic E-state index is 6.44. The second-order valence-electron chi connectivity index (χ2n) is 16.5. The van der Waals surface area contributed by atoms with Crippen molar-refractivity contribution in [3.05, 3.63) is 200 Å². The zero-order valence-electron chi connectivity index (χ0n) is 33.2. The summed E-state index contributed by atoms with van der Waals surface area (Å²) in [5.74, 6) is 0. The summed E-state index contributed by atoms with van der Waals surface area (Å²) in [5.41, 5.74) is 14.9. The van der Waals surface area contributed by atoms with Gasteiger partial charge in [0.1, 0.15) is 22.3 Å². The van der Waals surface area contributed by atoms with Crippen LogP contribution in [-0.4, -0.2) is 0 Å². The lowest BCUT2D eigenvalue weighted by molar-refractivity contribution is 0.590. The molecule has 9 aromatic carbocycles. The molecule has 0 aliphatic rings. The van der Waals surface area contributed by atoms with Gasteiger partial charge in [-0.2, -0.15) is 0 Å². The zero-order valence-corrected chi connectivity index (χ0v) is 33.2. The first kappa shape index (κ1) is 34.9. The molecule has 0 aliphatic heterocycles. The standard InChI is InChI=1S/C56H41NO2/c1-56(2,3)38-29-32-48(46(34-38)36-16-5-4-6-17-36)57(39-30-33-52-47(35-39)42-21-11-13-25-50(42)58-52)49-31-28-37-18-7-8-19-40(37)54(49)43-22-10-9-20-41(43)44-24-15-27-53-55(44)45-23-12-14-26-51(45)59-53/h4-35H,1-3H3. The Bertz CT molecular complexity index is 3380. The summed E-state index contributed by atoms with van der Waals surface area (Å²) in [7, 11) is 0. The lowest BCUT2D eigenvalue weighted by Crippen LogP contribution is -2.15. The van der Waals surface area contributed by atoms with E-state index in [-0.39, 0.29) is 5.41 Å². The highest BCUT2D eigenvalue weighted by molar-refractivity contribution is 6.16. The van der Waals surface area contributed by atoms with Crippen molar-refractivity contribution in [2.75, 3.05) is 4.90 Å². The lowest BCUT2D eigenvalue weighted by atomic mass is 9.84. The predicted molar refractivity (Wildman–Crippen MR) is 248 cm³/mol. The van der Waals surface area contributed by atoms with Gasteiger partial charge in [-0.25, -0.2) is 0 Å². The molecular weight excluding hydrogens is 719 g/mol. The normalized spacial score (nSPS) is 12.0. The molecule has 0 radical (unpaired) electrons. The summed E-state index contributed by atoms with van der Waals surface area (Å²) in [6, 6.07) is 69.8. The third kappa shape index (κ3) is 5.81. The van der Waals surface area contributed by atoms with Crippen LogP contribution in [0.25, 0.3) is 88.0 Å². The van der Waals surface area contributed by atoms with Crippen LogP contribution in [0.4, 0.5) is 17.1 Å². The number of para-hydroxylation sites is 2. The molecule has 0 saturated carbocycles. The second-order valence-corrected chi connectivity index (χ2v) is 16.5. The van der Waals surface area contributed by atoms with Crippen LogP contribution >= 0.6 is 0 Å². The Morgan fingerprint density at radius 1 is 0.390 bits per heavy atom. The van der Waals surface area contributed by atoms with Gasteiger partial charge in [-0.3, -0.25) is 0 Å². The molecule has 3 nitrogen and oxygen atoms in total. The molecule has 282 valence electrons. The summed E-state index contributed by atoms with van der Waals surface area (Å²) in [6.45, 7) is 6.86. The van der Waals surface area contributed by atoms with Crippen molar-refractivity contribution in [2.24, 2.45) is 0 Å². The van der Waals surface area contributed by atoms with Gasteiger partial charge in [-0.1, -0.05) is 160 Å². The van der Waals surface area contributed by atoms with Crippen LogP contribution in [-0.2, 0) is 5.41 Å². The molecule has 0 unspecified atom stereocenters. The minimum Gasteiger partial charge on any atom is -0.456 e. The van der Waals surface area contributed by atoms with E-state index in [2.05, 4.69) is 202 Å². The van der Waals surface area contributed by atoms with Crippen molar-refractivity contribution in [1.82, 2.24) is 0 Å². The van der Waals surface area contributed by atoms with Gasteiger partial charge in [-0.15, -0.1) is 0 Å². The van der Waals surface area contributed by atoms with Crippen LogP contribution in [0.5, 0.6) is 0 Å². The molecule has 2 heterocycles. The van der Waals surface area contributed by atoms with Crippen LogP contribution in [0.3, 0.4) is 0 Å². The van der Waals surface area contributed by atoms with Gasteiger partial charge in [0.15, 0.2) is 0 Å². The summed E-state index contributed by atoms with van der Waals surface area (Å²) < 4.78 is 12.8. The van der Waals surface area contributed by atoms with Crippen LogP contribution in [0.2, 0.25) is 0 Å². The fraction of sp³-hybridized carbons (Fsp3) is 0.0714. The first-order chi connectivity index (χ1) is 28.9. The molecule has 0 amide bonds. The van der Waals surface area contributed by atoms with E-state index in [4.69, 9.17) is 8.83 Å². The van der Waals surface area contributed by atoms with Gasteiger partial charge in [-0.05, 0) is 98.6 Å². The van der Waals surface area contributed by atoms with Crippen LogP contribution in [0, 0.1) is 0 Å². The van der Waals surface area contributed by atoms with E-state index in [1.54, 1.807) is 0 Å². The molecule has 0 aliphatic carbocycles. The summed E-state index contributed by atoms with van der Waals surface area (Å²) >= 11 is 0. The molecule has 11 aromatic rings. The lowest BCUT2D eigenvalue weighted by Gasteiger charge is -2.32. The Labute approximate surface area is 343 Å². The highest BCUT2D eigenvalue weighted by Gasteiger charge is 2.26. The van der Waals surface area contributed by atoms with Crippen molar-refractivity contribution in [3.63, 3.8) is 0 Å². The van der Waals surface area contributed by atoms with Crippen molar-refractivity contribution in [3.8, 4) is 33.4 Å². The molecule has 59 heavy (non-hydrogen) atoms. The molecule has 0 saturated heterocycles. The molecule has 3 heteroatoms. The minimum absolute atomic E-state index is 0.0488. The van der Waals surface area contributed by atoms with Crippen molar-refractivity contribution in [2.45, 2.75) is 26.2 Å². The van der Waals surface area contributed by atoms with E-state index in [1.165, 1.54) is 16.3 Å². The fourth-order valence-corrected chi connectivity index (χ4v) is 8.97. The summed E-state index contributed by atoms with van der Waals surface area (Å²) in [6.07, 6.45) is 0. The highest BCUT2D eigenvalue weighted by Crippen LogP contribution is 2.51. The number of rotatable bonds is 6. The van der Waals surface area contributed by atoms with E-state index in [0.717, 1.165) is 94.3 Å². The molecule has 0 bridgehead atoms. The first-order valence-corrected chi connectivity index (χ1v) is 20.3. The maximum absolute atomic E-state index is 6.44. The third-order valence-electron chi connectivity index (χ3n) is 11.8. The summed E-state index contributed by atoms with van der Waals surface area (Å²) in [4.78, 5) is 2.47. The largest absolute Gasteiger partial charge is 0.456 e. The quantitative estimate of drug-likeness (QED) is 0.169. The van der Waals surface area contributed by atoms with E-state index in [0.29, 0.717) is 0 Å². The molecule has 0 spiro atoms. The third-order valence-corrected chi connectivity index (χ3v) is 11.8. The van der Waals surface area contributed by atoms with Gasteiger partial charge < -0.3 is 13.7 Å². The fourth-order valence-electron chi connectivity index (χ4n) is 8.97. The first-order valence-electron chi connectivity index (χ1n) is 20.3. The highest BCUT2D eigenvalue weighted by atomic mass is 16.3. The topological polar surface area (TPSA) is 29.5 Å². The smallest absolute Gasteiger partial charge is 0.136 e. The van der Waals surface area contributed by atoms with Crippen molar-refractivity contribution >= 4 is 71.7 Å². The molecule has 0 fully saturated rings. The van der Waals surface area contributed by atoms with E-state index >= 15 is 0 Å². The van der Waals surface area contributed by atoms with Gasteiger partial charge in [0.25, 0.3) is 0 Å². The average Bonchev–Trinajstić information content (AvgIpc) is 3.85. The maximum Gasteiger partial charge on any atom is 0.136 e. The van der Waals surface area contributed by atoms with Crippen LogP contribution in [0.1, 0.15) is 26.3 Å². The Balaban J connectivity index is 1.25. The number of nitrogens with zero attached hydrogens (tertiary/aromatic N) is 1.